The van der Waals surface area contributed by atoms with E-state index in [0.717, 1.165) is 18.4 Å². The number of ether oxygens (including phenoxy) is 3. The van der Waals surface area contributed by atoms with Gasteiger partial charge in [0.2, 0.25) is 5.91 Å². The number of methoxy groups -OCH3 is 1. The van der Waals surface area contributed by atoms with Crippen LogP contribution in [0.5, 0.6) is 11.5 Å². The summed E-state index contributed by atoms with van der Waals surface area (Å²) in [6.45, 7) is 3.04. The van der Waals surface area contributed by atoms with E-state index in [0.29, 0.717) is 37.5 Å². The van der Waals surface area contributed by atoms with Crippen LogP contribution in [0.4, 0.5) is 0 Å². The first-order chi connectivity index (χ1) is 12.0. The summed E-state index contributed by atoms with van der Waals surface area (Å²) < 4.78 is 16.2. The average Bonchev–Trinajstić information content (AvgIpc) is 3.11. The fourth-order valence-corrected chi connectivity index (χ4v) is 2.58. The van der Waals surface area contributed by atoms with Gasteiger partial charge in [-0.15, -0.1) is 0 Å². The van der Waals surface area contributed by atoms with Crippen LogP contribution in [0, 0.1) is 0 Å². The lowest BCUT2D eigenvalue weighted by molar-refractivity contribution is -0.151. The lowest BCUT2D eigenvalue weighted by Gasteiger charge is -2.14. The number of carboxylic acid groups (broad SMARTS) is 1. The molecule has 1 saturated heterocycles. The van der Waals surface area contributed by atoms with Gasteiger partial charge in [-0.1, -0.05) is 19.4 Å². The first-order valence-corrected chi connectivity index (χ1v) is 8.50. The van der Waals surface area contributed by atoms with Gasteiger partial charge in [0.15, 0.2) is 17.6 Å². The fraction of sp³-hybridized carbons (Fsp3) is 0.556. The molecule has 7 nitrogen and oxygen atoms in total. The Labute approximate surface area is 147 Å². The normalized spacial score (nSPS) is 19.4. The summed E-state index contributed by atoms with van der Waals surface area (Å²) in [6, 6.07) is 5.50. The molecule has 0 aromatic heterocycles. The van der Waals surface area contributed by atoms with Crippen molar-refractivity contribution < 1.29 is 28.9 Å². The van der Waals surface area contributed by atoms with Gasteiger partial charge in [-0.25, -0.2) is 4.79 Å². The number of benzene rings is 1. The van der Waals surface area contributed by atoms with Gasteiger partial charge < -0.3 is 24.6 Å². The van der Waals surface area contributed by atoms with Gasteiger partial charge in [-0.3, -0.25) is 4.79 Å². The Kier molecular flexibility index (Phi) is 7.06. The molecule has 138 valence electrons. The minimum absolute atomic E-state index is 0.300. The predicted octanol–water partition coefficient (Wildman–Crippen LogP) is 2.12. The molecule has 1 aliphatic rings. The summed E-state index contributed by atoms with van der Waals surface area (Å²) in [5, 5.41) is 11.7. The van der Waals surface area contributed by atoms with Crippen LogP contribution in [-0.4, -0.2) is 42.9 Å². The minimum atomic E-state index is -1.03. The Balaban J connectivity index is 1.88. The summed E-state index contributed by atoms with van der Waals surface area (Å²) >= 11 is 0. The van der Waals surface area contributed by atoms with E-state index in [1.54, 1.807) is 7.11 Å². The summed E-state index contributed by atoms with van der Waals surface area (Å²) in [5.74, 6) is -0.0370. The molecule has 1 aromatic carbocycles. The fourth-order valence-electron chi connectivity index (χ4n) is 2.58. The van der Waals surface area contributed by atoms with Crippen molar-refractivity contribution in [2.24, 2.45) is 0 Å². The van der Waals surface area contributed by atoms with E-state index in [4.69, 9.17) is 19.3 Å². The number of carbonyl (C=O) groups is 2. The molecule has 0 unspecified atom stereocenters. The number of hydrogen-bond acceptors (Lipinski definition) is 5. The van der Waals surface area contributed by atoms with E-state index in [-0.39, 0.29) is 5.91 Å². The summed E-state index contributed by atoms with van der Waals surface area (Å²) in [5.41, 5.74) is 0.862. The van der Waals surface area contributed by atoms with Crippen molar-refractivity contribution in [3.8, 4) is 11.5 Å². The van der Waals surface area contributed by atoms with Crippen molar-refractivity contribution in [1.82, 2.24) is 5.32 Å². The van der Waals surface area contributed by atoms with Crippen LogP contribution in [0.2, 0.25) is 0 Å². The topological polar surface area (TPSA) is 94.1 Å². The number of aliphatic carboxylic acids is 1. The number of hydrogen-bond donors (Lipinski definition) is 2. The van der Waals surface area contributed by atoms with Gasteiger partial charge in [0.1, 0.15) is 6.10 Å². The Morgan fingerprint density at radius 2 is 2.04 bits per heavy atom. The smallest absolute Gasteiger partial charge is 0.332 e. The van der Waals surface area contributed by atoms with Crippen molar-refractivity contribution in [2.75, 3.05) is 13.7 Å². The summed E-state index contributed by atoms with van der Waals surface area (Å²) in [6.07, 6.45) is 1.19. The number of rotatable bonds is 9. The molecule has 1 heterocycles. The number of amides is 1. The van der Waals surface area contributed by atoms with Crippen LogP contribution in [-0.2, 0) is 20.9 Å². The highest BCUT2D eigenvalue weighted by atomic mass is 16.5. The van der Waals surface area contributed by atoms with Crippen LogP contribution in [0.3, 0.4) is 0 Å². The van der Waals surface area contributed by atoms with Crippen LogP contribution in [0.1, 0.15) is 38.2 Å². The molecule has 1 amide bonds. The Bertz CT molecular complexity index is 603. The highest BCUT2D eigenvalue weighted by molar-refractivity contribution is 5.82. The second kappa shape index (κ2) is 9.27. The lowest BCUT2D eigenvalue weighted by atomic mass is 10.1. The Hall–Kier alpha value is -2.28. The maximum atomic E-state index is 12.1. The molecular formula is C18H25NO6. The van der Waals surface area contributed by atoms with E-state index in [1.807, 2.05) is 18.2 Å². The third-order valence-electron chi connectivity index (χ3n) is 4.04. The maximum Gasteiger partial charge on any atom is 0.332 e. The van der Waals surface area contributed by atoms with Crippen LogP contribution in [0.15, 0.2) is 18.2 Å². The van der Waals surface area contributed by atoms with Gasteiger partial charge in [0.05, 0.1) is 13.7 Å². The molecule has 2 rings (SSSR count). The molecule has 2 atom stereocenters. The second-order valence-electron chi connectivity index (χ2n) is 5.93. The zero-order valence-electron chi connectivity index (χ0n) is 14.6. The Morgan fingerprint density at radius 1 is 1.28 bits per heavy atom. The highest BCUT2D eigenvalue weighted by Crippen LogP contribution is 2.28. The standard InChI is InChI=1S/C18H25NO6/c1-3-4-9-24-13-6-5-12(10-16(13)23-2)11-19-17(20)14-7-8-15(25-14)18(21)22/h5-6,10,14-15H,3-4,7-9,11H2,1-2H3,(H,19,20)(H,21,22)/t14-,15+/m0/s1. The Morgan fingerprint density at radius 3 is 2.68 bits per heavy atom. The number of nitrogens with one attached hydrogen (secondary N) is 1. The van der Waals surface area contributed by atoms with Gasteiger partial charge in [-0.2, -0.15) is 0 Å². The zero-order chi connectivity index (χ0) is 18.2. The lowest BCUT2D eigenvalue weighted by Crippen LogP contribution is -2.35. The largest absolute Gasteiger partial charge is 0.493 e. The van der Waals surface area contributed by atoms with Crippen molar-refractivity contribution in [3.63, 3.8) is 0 Å². The molecule has 2 N–H and O–H groups in total. The molecule has 1 fully saturated rings. The van der Waals surface area contributed by atoms with Crippen molar-refractivity contribution in [2.45, 2.75) is 51.4 Å². The van der Waals surface area contributed by atoms with Crippen molar-refractivity contribution in [1.29, 1.82) is 0 Å². The van der Waals surface area contributed by atoms with Gasteiger partial charge in [0, 0.05) is 6.54 Å². The molecule has 0 aliphatic carbocycles. The molecule has 0 radical (unpaired) electrons. The van der Waals surface area contributed by atoms with E-state index in [1.165, 1.54) is 0 Å². The third kappa shape index (κ3) is 5.35. The van der Waals surface area contributed by atoms with Crippen molar-refractivity contribution in [3.05, 3.63) is 23.8 Å². The molecule has 1 aliphatic heterocycles. The molecule has 7 heteroatoms. The SMILES string of the molecule is CCCCOc1ccc(CNC(=O)[C@@H]2CC[C@H](C(=O)O)O2)cc1OC. The van der Waals surface area contributed by atoms with Gasteiger partial charge in [0.25, 0.3) is 0 Å². The second-order valence-corrected chi connectivity index (χ2v) is 5.93. The van der Waals surface area contributed by atoms with E-state index in [9.17, 15) is 9.59 Å². The number of carboxylic acids is 1. The summed E-state index contributed by atoms with van der Waals surface area (Å²) in [4.78, 5) is 23.0. The van der Waals surface area contributed by atoms with E-state index in [2.05, 4.69) is 12.2 Å². The molecule has 0 spiro atoms. The van der Waals surface area contributed by atoms with Crippen molar-refractivity contribution >= 4 is 11.9 Å². The monoisotopic (exact) mass is 351 g/mol. The van der Waals surface area contributed by atoms with Gasteiger partial charge in [-0.05, 0) is 37.0 Å². The number of unbranched alkanes of at least 4 members (excludes halogenated alkanes) is 1. The zero-order valence-corrected chi connectivity index (χ0v) is 14.6. The molecule has 0 bridgehead atoms. The quantitative estimate of drug-likeness (QED) is 0.662. The number of carbonyl (C=O) groups excluding carboxylic acids is 1. The minimum Gasteiger partial charge on any atom is -0.493 e. The average molecular weight is 351 g/mol. The molecule has 0 saturated carbocycles. The first kappa shape index (κ1) is 19.1. The third-order valence-corrected chi connectivity index (χ3v) is 4.04. The van der Waals surface area contributed by atoms with Crippen LogP contribution in [0.25, 0.3) is 0 Å². The molecule has 25 heavy (non-hydrogen) atoms. The summed E-state index contributed by atoms with van der Waals surface area (Å²) in [7, 11) is 1.57. The van der Waals surface area contributed by atoms with E-state index < -0.39 is 18.2 Å². The van der Waals surface area contributed by atoms with E-state index >= 15 is 0 Å². The predicted molar refractivity (Wildman–Crippen MR) is 90.8 cm³/mol. The van der Waals surface area contributed by atoms with Crippen LogP contribution < -0.4 is 14.8 Å². The van der Waals surface area contributed by atoms with Gasteiger partial charge >= 0.3 is 5.97 Å². The first-order valence-electron chi connectivity index (χ1n) is 8.50. The highest BCUT2D eigenvalue weighted by Gasteiger charge is 2.34. The maximum absolute atomic E-state index is 12.1. The molecular weight excluding hydrogens is 326 g/mol. The molecule has 1 aromatic rings. The van der Waals surface area contributed by atoms with Crippen LogP contribution >= 0.6 is 0 Å².